The van der Waals surface area contributed by atoms with Crippen molar-refractivity contribution in [2.75, 3.05) is 20.3 Å². The smallest absolute Gasteiger partial charge is 0.295 e. The molecule has 4 rings (SSSR count). The summed E-state index contributed by atoms with van der Waals surface area (Å²) < 4.78 is 16.3. The molecule has 1 aliphatic heterocycles. The monoisotopic (exact) mass is 481 g/mol. The number of benzene rings is 2. The molecule has 2 aromatic carbocycles. The van der Waals surface area contributed by atoms with E-state index < -0.39 is 17.7 Å². The molecular weight excluding hydrogens is 458 g/mol. The first-order valence-electron chi connectivity index (χ1n) is 10.8. The molecule has 0 spiro atoms. The van der Waals surface area contributed by atoms with Gasteiger partial charge in [-0.05, 0) is 61.4 Å². The molecule has 3 aromatic rings. The van der Waals surface area contributed by atoms with Crippen molar-refractivity contribution in [3.63, 3.8) is 0 Å². The van der Waals surface area contributed by atoms with Crippen LogP contribution in [-0.2, 0) is 16.0 Å². The van der Waals surface area contributed by atoms with Gasteiger partial charge in [0.1, 0.15) is 29.1 Å². The van der Waals surface area contributed by atoms with E-state index in [4.69, 9.17) is 25.5 Å². The van der Waals surface area contributed by atoms with E-state index in [0.717, 1.165) is 11.3 Å². The Morgan fingerprint density at radius 3 is 2.50 bits per heavy atom. The number of furan rings is 1. The number of carbonyl (C=O) groups is 2. The molecular formula is C26H24ClNO6. The number of rotatable bonds is 8. The molecule has 1 aromatic heterocycles. The number of nitrogens with zero attached hydrogens (tertiary/aromatic N) is 1. The van der Waals surface area contributed by atoms with E-state index in [1.165, 1.54) is 11.2 Å². The number of likely N-dealkylation sites (tertiary alicyclic amines) is 1. The molecule has 1 atom stereocenters. The van der Waals surface area contributed by atoms with E-state index in [-0.39, 0.29) is 28.5 Å². The molecule has 8 heteroatoms. The molecule has 1 aliphatic rings. The predicted molar refractivity (Wildman–Crippen MR) is 127 cm³/mol. The SMILES string of the molecule is CCOc1ccc(Cl)c(/C(O)=C2/C(=O)C(=O)N(CCc3ccc(OC)cc3)C2c2ccco2)c1. The summed E-state index contributed by atoms with van der Waals surface area (Å²) in [6.07, 6.45) is 1.95. The van der Waals surface area contributed by atoms with Crippen LogP contribution >= 0.6 is 11.6 Å². The summed E-state index contributed by atoms with van der Waals surface area (Å²) in [5.74, 6) is -0.312. The van der Waals surface area contributed by atoms with Gasteiger partial charge in [0.2, 0.25) is 0 Å². The summed E-state index contributed by atoms with van der Waals surface area (Å²) in [7, 11) is 1.59. The van der Waals surface area contributed by atoms with Crippen LogP contribution in [0.3, 0.4) is 0 Å². The number of hydrogen-bond acceptors (Lipinski definition) is 6. The van der Waals surface area contributed by atoms with Gasteiger partial charge < -0.3 is 23.9 Å². The summed E-state index contributed by atoms with van der Waals surface area (Å²) in [6.45, 7) is 2.50. The summed E-state index contributed by atoms with van der Waals surface area (Å²) in [5.41, 5.74) is 1.09. The first-order valence-corrected chi connectivity index (χ1v) is 11.2. The van der Waals surface area contributed by atoms with Crippen molar-refractivity contribution in [1.29, 1.82) is 0 Å². The topological polar surface area (TPSA) is 89.2 Å². The van der Waals surface area contributed by atoms with Crippen molar-refractivity contribution in [3.05, 3.63) is 88.3 Å². The molecule has 7 nitrogen and oxygen atoms in total. The number of ether oxygens (including phenoxy) is 2. The van der Waals surface area contributed by atoms with Crippen LogP contribution in [0.25, 0.3) is 5.76 Å². The predicted octanol–water partition coefficient (Wildman–Crippen LogP) is 5.00. The number of carbonyl (C=O) groups excluding carboxylic acids is 2. The third-order valence-corrected chi connectivity index (χ3v) is 5.99. The fourth-order valence-corrected chi connectivity index (χ4v) is 4.19. The highest BCUT2D eigenvalue weighted by atomic mass is 35.5. The lowest BCUT2D eigenvalue weighted by Crippen LogP contribution is -2.31. The highest BCUT2D eigenvalue weighted by molar-refractivity contribution is 6.47. The minimum atomic E-state index is -0.889. The average molecular weight is 482 g/mol. The van der Waals surface area contributed by atoms with Gasteiger partial charge in [0, 0.05) is 12.1 Å². The van der Waals surface area contributed by atoms with Gasteiger partial charge in [0.05, 0.1) is 30.6 Å². The highest BCUT2D eigenvalue weighted by Gasteiger charge is 2.47. The van der Waals surface area contributed by atoms with Gasteiger partial charge >= 0.3 is 0 Å². The third kappa shape index (κ3) is 4.52. The van der Waals surface area contributed by atoms with Crippen LogP contribution < -0.4 is 9.47 Å². The summed E-state index contributed by atoms with van der Waals surface area (Å²) in [6, 6.07) is 14.7. The minimum Gasteiger partial charge on any atom is -0.507 e. The lowest BCUT2D eigenvalue weighted by molar-refractivity contribution is -0.140. The molecule has 2 heterocycles. The second kappa shape index (κ2) is 10.1. The Morgan fingerprint density at radius 1 is 1.12 bits per heavy atom. The zero-order valence-electron chi connectivity index (χ0n) is 18.8. The van der Waals surface area contributed by atoms with E-state index in [9.17, 15) is 14.7 Å². The number of halogens is 1. The van der Waals surface area contributed by atoms with Crippen LogP contribution in [0.2, 0.25) is 5.02 Å². The Kier molecular flexibility index (Phi) is 6.93. The molecule has 1 N–H and O–H groups in total. The molecule has 176 valence electrons. The van der Waals surface area contributed by atoms with Crippen LogP contribution in [0.1, 0.15) is 29.9 Å². The van der Waals surface area contributed by atoms with Gasteiger partial charge in [0.25, 0.3) is 11.7 Å². The Labute approximate surface area is 202 Å². The van der Waals surface area contributed by atoms with Crippen LogP contribution in [0.15, 0.2) is 70.9 Å². The van der Waals surface area contributed by atoms with Gasteiger partial charge in [-0.25, -0.2) is 0 Å². The van der Waals surface area contributed by atoms with E-state index >= 15 is 0 Å². The maximum absolute atomic E-state index is 13.1. The minimum absolute atomic E-state index is 0.0785. The molecule has 0 bridgehead atoms. The normalized spacial score (nSPS) is 17.3. The van der Waals surface area contributed by atoms with Gasteiger partial charge in [-0.2, -0.15) is 0 Å². The maximum atomic E-state index is 13.1. The lowest BCUT2D eigenvalue weighted by Gasteiger charge is -2.23. The fourth-order valence-electron chi connectivity index (χ4n) is 3.98. The van der Waals surface area contributed by atoms with Crippen LogP contribution in [-0.4, -0.2) is 42.0 Å². The van der Waals surface area contributed by atoms with E-state index in [2.05, 4.69) is 0 Å². The van der Waals surface area contributed by atoms with Crippen molar-refractivity contribution in [2.45, 2.75) is 19.4 Å². The Hall–Kier alpha value is -3.71. The van der Waals surface area contributed by atoms with Gasteiger partial charge in [-0.15, -0.1) is 0 Å². The molecule has 0 saturated carbocycles. The standard InChI is InChI=1S/C26H24ClNO6/c1-3-33-18-10-11-20(27)19(15-18)24(29)22-23(21-5-4-14-34-21)28(26(31)25(22)30)13-12-16-6-8-17(32-2)9-7-16/h4-11,14-15,23,29H,3,12-13H2,1-2H3/b24-22-. The molecule has 1 amide bonds. The largest absolute Gasteiger partial charge is 0.507 e. The number of ketones is 1. The second-order valence-corrected chi connectivity index (χ2v) is 8.09. The lowest BCUT2D eigenvalue weighted by atomic mass is 9.99. The van der Waals surface area contributed by atoms with Crippen molar-refractivity contribution in [3.8, 4) is 11.5 Å². The van der Waals surface area contributed by atoms with Crippen LogP contribution in [0.5, 0.6) is 11.5 Å². The molecule has 34 heavy (non-hydrogen) atoms. The Bertz CT molecular complexity index is 1220. The van der Waals surface area contributed by atoms with Gasteiger partial charge in [-0.3, -0.25) is 9.59 Å². The number of aliphatic hydroxyl groups excluding tert-OH is 1. The Balaban J connectivity index is 1.73. The number of Topliss-reactive ketones (excluding diaryl/α,β-unsaturated/α-hetero) is 1. The number of hydrogen-bond donors (Lipinski definition) is 1. The third-order valence-electron chi connectivity index (χ3n) is 5.66. The van der Waals surface area contributed by atoms with Crippen LogP contribution in [0, 0.1) is 0 Å². The summed E-state index contributed by atoms with van der Waals surface area (Å²) in [4.78, 5) is 27.6. The Morgan fingerprint density at radius 2 is 1.85 bits per heavy atom. The second-order valence-electron chi connectivity index (χ2n) is 7.68. The molecule has 1 unspecified atom stereocenters. The zero-order chi connectivity index (χ0) is 24.2. The number of methoxy groups -OCH3 is 1. The molecule has 1 saturated heterocycles. The van der Waals surface area contributed by atoms with Crippen molar-refractivity contribution < 1.29 is 28.6 Å². The van der Waals surface area contributed by atoms with Crippen LogP contribution in [0.4, 0.5) is 0 Å². The molecule has 0 aliphatic carbocycles. The quantitative estimate of drug-likeness (QED) is 0.276. The average Bonchev–Trinajstić information content (AvgIpc) is 3.46. The molecule has 1 fully saturated rings. The highest BCUT2D eigenvalue weighted by Crippen LogP contribution is 2.41. The van der Waals surface area contributed by atoms with Crippen molar-refractivity contribution in [2.24, 2.45) is 0 Å². The van der Waals surface area contributed by atoms with E-state index in [1.54, 1.807) is 37.4 Å². The van der Waals surface area contributed by atoms with Gasteiger partial charge in [-0.1, -0.05) is 23.7 Å². The van der Waals surface area contributed by atoms with Crippen molar-refractivity contribution in [1.82, 2.24) is 4.90 Å². The van der Waals surface area contributed by atoms with E-state index in [1.807, 2.05) is 31.2 Å². The zero-order valence-corrected chi connectivity index (χ0v) is 19.5. The van der Waals surface area contributed by atoms with Crippen molar-refractivity contribution >= 4 is 29.1 Å². The van der Waals surface area contributed by atoms with Gasteiger partial charge in [0.15, 0.2) is 0 Å². The first kappa shape index (κ1) is 23.4. The summed E-state index contributed by atoms with van der Waals surface area (Å²) in [5, 5.41) is 11.4. The van der Waals surface area contributed by atoms with E-state index in [0.29, 0.717) is 24.5 Å². The maximum Gasteiger partial charge on any atom is 0.295 e. The fraction of sp³-hybridized carbons (Fsp3) is 0.231. The first-order chi connectivity index (χ1) is 16.4. The molecule has 0 radical (unpaired) electrons. The summed E-state index contributed by atoms with van der Waals surface area (Å²) >= 11 is 6.34. The number of amides is 1. The number of aliphatic hydroxyl groups is 1.